The third kappa shape index (κ3) is 6.79. The highest BCUT2D eigenvalue weighted by atomic mass is 32.2. The number of nitrogens with zero attached hydrogens (tertiary/aromatic N) is 1. The molecule has 0 unspecified atom stereocenters. The zero-order valence-corrected chi connectivity index (χ0v) is 12.4. The van der Waals surface area contributed by atoms with Crippen molar-refractivity contribution in [3.63, 3.8) is 0 Å². The highest BCUT2D eigenvalue weighted by molar-refractivity contribution is 7.99. The lowest BCUT2D eigenvalue weighted by Gasteiger charge is -2.19. The fourth-order valence-electron chi connectivity index (χ4n) is 1.59. The summed E-state index contributed by atoms with van der Waals surface area (Å²) >= 11 is 2.02. The van der Waals surface area contributed by atoms with Crippen molar-refractivity contribution in [2.45, 2.75) is 52.7 Å². The summed E-state index contributed by atoms with van der Waals surface area (Å²) in [4.78, 5) is 0. The van der Waals surface area contributed by atoms with E-state index in [0.717, 1.165) is 13.1 Å². The Bertz CT molecular complexity index is 312. The molecular weight excluding hydrogens is 228 g/mol. The fourth-order valence-corrected chi connectivity index (χ4v) is 2.22. The third-order valence-electron chi connectivity index (χ3n) is 2.54. The lowest BCUT2D eigenvalue weighted by atomic mass is 10.1. The summed E-state index contributed by atoms with van der Waals surface area (Å²) in [6, 6.07) is 2.21. The molecule has 0 aliphatic rings. The summed E-state index contributed by atoms with van der Waals surface area (Å²) in [7, 11) is 0. The summed E-state index contributed by atoms with van der Waals surface area (Å²) < 4.78 is 2.30. The second-order valence-corrected chi connectivity index (χ2v) is 6.81. The van der Waals surface area contributed by atoms with Crippen LogP contribution in [0.2, 0.25) is 0 Å². The minimum atomic E-state index is 0.194. The van der Waals surface area contributed by atoms with E-state index in [2.05, 4.69) is 56.0 Å². The van der Waals surface area contributed by atoms with Crippen molar-refractivity contribution in [1.29, 1.82) is 0 Å². The molecule has 1 aromatic heterocycles. The van der Waals surface area contributed by atoms with Gasteiger partial charge in [0.25, 0.3) is 0 Å². The largest absolute Gasteiger partial charge is 0.354 e. The van der Waals surface area contributed by atoms with Crippen LogP contribution in [0.1, 0.15) is 39.7 Å². The van der Waals surface area contributed by atoms with Crippen molar-refractivity contribution in [3.05, 3.63) is 24.0 Å². The molecule has 1 heterocycles. The summed E-state index contributed by atoms with van der Waals surface area (Å²) in [6.07, 6.45) is 5.71. The van der Waals surface area contributed by atoms with Crippen LogP contribution in [0.5, 0.6) is 0 Å². The molecule has 0 atom stereocenters. The predicted molar refractivity (Wildman–Crippen MR) is 78.6 cm³/mol. The monoisotopic (exact) mass is 254 g/mol. The molecule has 1 N–H and O–H groups in total. The zero-order chi connectivity index (χ0) is 12.7. The van der Waals surface area contributed by atoms with Crippen molar-refractivity contribution in [2.75, 3.05) is 11.5 Å². The molecule has 1 aromatic rings. The second kappa shape index (κ2) is 7.12. The Morgan fingerprint density at radius 2 is 2.12 bits per heavy atom. The van der Waals surface area contributed by atoms with Crippen LogP contribution in [0.4, 0.5) is 0 Å². The number of hydrogen-bond donors (Lipinski definition) is 1. The molecule has 0 saturated heterocycles. The maximum atomic E-state index is 3.51. The van der Waals surface area contributed by atoms with Gasteiger partial charge in [0.15, 0.2) is 0 Å². The van der Waals surface area contributed by atoms with E-state index in [9.17, 15) is 0 Å². The predicted octanol–water partition coefficient (Wildman–Crippen LogP) is 3.52. The molecule has 2 nitrogen and oxygen atoms in total. The van der Waals surface area contributed by atoms with Gasteiger partial charge in [-0.15, -0.1) is 0 Å². The van der Waals surface area contributed by atoms with Crippen LogP contribution >= 0.6 is 11.8 Å². The highest BCUT2D eigenvalue weighted by Crippen LogP contribution is 2.07. The molecule has 0 aliphatic carbocycles. The molecule has 0 fully saturated rings. The minimum absolute atomic E-state index is 0.194. The summed E-state index contributed by atoms with van der Waals surface area (Å²) in [6.45, 7) is 10.9. The average molecular weight is 254 g/mol. The van der Waals surface area contributed by atoms with Crippen LogP contribution < -0.4 is 5.32 Å². The molecule has 0 radical (unpaired) electrons. The molecule has 98 valence electrons. The van der Waals surface area contributed by atoms with Crippen molar-refractivity contribution in [3.8, 4) is 0 Å². The van der Waals surface area contributed by atoms with Crippen LogP contribution in [-0.4, -0.2) is 21.6 Å². The minimum Gasteiger partial charge on any atom is -0.354 e. The van der Waals surface area contributed by atoms with Gasteiger partial charge in [0.2, 0.25) is 0 Å². The van der Waals surface area contributed by atoms with E-state index >= 15 is 0 Å². The Hall–Kier alpha value is -0.410. The van der Waals surface area contributed by atoms with Gasteiger partial charge >= 0.3 is 0 Å². The van der Waals surface area contributed by atoms with Crippen LogP contribution in [0.25, 0.3) is 0 Å². The highest BCUT2D eigenvalue weighted by Gasteiger charge is 2.08. The Balaban J connectivity index is 2.28. The van der Waals surface area contributed by atoms with Gasteiger partial charge in [0, 0.05) is 31.0 Å². The maximum absolute atomic E-state index is 3.51. The molecule has 3 heteroatoms. The lowest BCUT2D eigenvalue weighted by molar-refractivity contribution is 0.424. The second-order valence-electron chi connectivity index (χ2n) is 5.41. The molecule has 0 spiro atoms. The number of aromatic nitrogens is 1. The van der Waals surface area contributed by atoms with Crippen molar-refractivity contribution in [1.82, 2.24) is 9.88 Å². The van der Waals surface area contributed by atoms with E-state index in [1.165, 1.54) is 23.5 Å². The maximum Gasteiger partial charge on any atom is 0.0227 e. The first kappa shape index (κ1) is 14.7. The van der Waals surface area contributed by atoms with Gasteiger partial charge in [-0.1, -0.05) is 6.92 Å². The molecule has 0 bridgehead atoms. The number of aryl methyl sites for hydroxylation is 1. The molecule has 17 heavy (non-hydrogen) atoms. The number of rotatable bonds is 7. The first-order chi connectivity index (χ1) is 8.01. The van der Waals surface area contributed by atoms with Gasteiger partial charge in [0.1, 0.15) is 0 Å². The van der Waals surface area contributed by atoms with Crippen LogP contribution in [0.3, 0.4) is 0 Å². The quantitative estimate of drug-likeness (QED) is 0.750. The van der Waals surface area contributed by atoms with Gasteiger partial charge < -0.3 is 9.88 Å². The molecule has 0 amide bonds. The molecular formula is C14H26N2S. The van der Waals surface area contributed by atoms with Crippen molar-refractivity contribution < 1.29 is 0 Å². The van der Waals surface area contributed by atoms with Crippen LogP contribution in [0, 0.1) is 0 Å². The summed E-state index contributed by atoms with van der Waals surface area (Å²) in [5.74, 6) is 2.50. The number of nitrogens with one attached hydrogen (secondary N) is 1. The van der Waals surface area contributed by atoms with E-state index in [-0.39, 0.29) is 5.54 Å². The van der Waals surface area contributed by atoms with Crippen LogP contribution in [-0.2, 0) is 13.1 Å². The Labute approximate surface area is 110 Å². The fraction of sp³-hybridized carbons (Fsp3) is 0.714. The molecule has 0 saturated carbocycles. The first-order valence-corrected chi connectivity index (χ1v) is 7.64. The zero-order valence-electron chi connectivity index (χ0n) is 11.6. The topological polar surface area (TPSA) is 17.0 Å². The third-order valence-corrected chi connectivity index (χ3v) is 3.53. The molecule has 0 aliphatic heterocycles. The smallest absolute Gasteiger partial charge is 0.0227 e. The van der Waals surface area contributed by atoms with Gasteiger partial charge in [-0.05, 0) is 50.3 Å². The van der Waals surface area contributed by atoms with E-state index in [1.54, 1.807) is 0 Å². The van der Waals surface area contributed by atoms with E-state index in [0.29, 0.717) is 0 Å². The standard InChI is InChI=1S/C14H26N2S/c1-5-17-10-6-8-16-9-7-13(12-16)11-15-14(2,3)4/h7,9,12,15H,5-6,8,10-11H2,1-4H3. The first-order valence-electron chi connectivity index (χ1n) is 6.48. The number of thioether (sulfide) groups is 1. The normalized spacial score (nSPS) is 12.0. The van der Waals surface area contributed by atoms with Crippen LogP contribution in [0.15, 0.2) is 18.5 Å². The Kier molecular flexibility index (Phi) is 6.14. The molecule has 0 aromatic carbocycles. The van der Waals surface area contributed by atoms with E-state index in [4.69, 9.17) is 0 Å². The Morgan fingerprint density at radius 3 is 2.76 bits per heavy atom. The van der Waals surface area contributed by atoms with Crippen molar-refractivity contribution in [2.24, 2.45) is 0 Å². The number of hydrogen-bond acceptors (Lipinski definition) is 2. The van der Waals surface area contributed by atoms with E-state index in [1.807, 2.05) is 11.8 Å². The van der Waals surface area contributed by atoms with Crippen molar-refractivity contribution >= 4 is 11.8 Å². The van der Waals surface area contributed by atoms with Gasteiger partial charge in [-0.3, -0.25) is 0 Å². The van der Waals surface area contributed by atoms with Gasteiger partial charge in [-0.25, -0.2) is 0 Å². The average Bonchev–Trinajstić information content (AvgIpc) is 2.69. The Morgan fingerprint density at radius 1 is 1.35 bits per heavy atom. The SMILES string of the molecule is CCSCCCn1ccc(CNC(C)(C)C)c1. The van der Waals surface area contributed by atoms with Gasteiger partial charge in [-0.2, -0.15) is 11.8 Å². The summed E-state index contributed by atoms with van der Waals surface area (Å²) in [5, 5.41) is 3.51. The lowest BCUT2D eigenvalue weighted by Crippen LogP contribution is -2.34. The van der Waals surface area contributed by atoms with Gasteiger partial charge in [0.05, 0.1) is 0 Å². The van der Waals surface area contributed by atoms with E-state index < -0.39 is 0 Å². The molecule has 1 rings (SSSR count). The summed E-state index contributed by atoms with van der Waals surface area (Å²) in [5.41, 5.74) is 1.57.